The monoisotopic (exact) mass is 292 g/mol. The lowest BCUT2D eigenvalue weighted by atomic mass is 10.3. The van der Waals surface area contributed by atoms with Gasteiger partial charge >= 0.3 is 0 Å². The number of rotatable bonds is 2. The van der Waals surface area contributed by atoms with E-state index in [2.05, 4.69) is 31.2 Å². The van der Waals surface area contributed by atoms with Gasteiger partial charge < -0.3 is 11.1 Å². The molecule has 3 N–H and O–H groups in total. The predicted octanol–water partition coefficient (Wildman–Crippen LogP) is 2.07. The van der Waals surface area contributed by atoms with Gasteiger partial charge in [-0.2, -0.15) is 0 Å². The van der Waals surface area contributed by atoms with Gasteiger partial charge in [0.15, 0.2) is 5.69 Å². The first-order chi connectivity index (χ1) is 8.18. The van der Waals surface area contributed by atoms with E-state index in [1.54, 1.807) is 30.6 Å². The number of amides is 1. The van der Waals surface area contributed by atoms with E-state index in [-0.39, 0.29) is 11.6 Å². The standard InChI is InChI=1S/C11H9BrN4O/c12-7-6-14-5-3-9(7)16-11(17)10-8(13)2-1-4-15-10/h1-6H,13H2,(H,14,16,17). The number of aromatic nitrogens is 2. The van der Waals surface area contributed by atoms with Crippen LogP contribution in [0.2, 0.25) is 0 Å². The number of halogens is 1. The zero-order valence-corrected chi connectivity index (χ0v) is 10.3. The SMILES string of the molecule is Nc1cccnc1C(=O)Nc1ccncc1Br. The number of hydrogen-bond acceptors (Lipinski definition) is 4. The van der Waals surface area contributed by atoms with Gasteiger partial charge in [0, 0.05) is 18.6 Å². The number of nitrogens with zero attached hydrogens (tertiary/aromatic N) is 2. The fourth-order valence-corrected chi connectivity index (χ4v) is 1.62. The van der Waals surface area contributed by atoms with E-state index in [4.69, 9.17) is 5.73 Å². The fraction of sp³-hybridized carbons (Fsp3) is 0. The number of nitrogen functional groups attached to an aromatic ring is 1. The van der Waals surface area contributed by atoms with Gasteiger partial charge in [-0.3, -0.25) is 9.78 Å². The summed E-state index contributed by atoms with van der Waals surface area (Å²) in [4.78, 5) is 19.7. The quantitative estimate of drug-likeness (QED) is 0.888. The van der Waals surface area contributed by atoms with Crippen molar-refractivity contribution in [2.24, 2.45) is 0 Å². The summed E-state index contributed by atoms with van der Waals surface area (Å²) < 4.78 is 0.697. The Balaban J connectivity index is 2.24. The molecule has 0 unspecified atom stereocenters. The normalized spacial score (nSPS) is 9.94. The minimum Gasteiger partial charge on any atom is -0.397 e. The Morgan fingerprint density at radius 1 is 1.35 bits per heavy atom. The number of carbonyl (C=O) groups is 1. The van der Waals surface area contributed by atoms with Gasteiger partial charge in [-0.05, 0) is 34.1 Å². The van der Waals surface area contributed by atoms with Crippen molar-refractivity contribution in [1.29, 1.82) is 0 Å². The van der Waals surface area contributed by atoms with Crippen LogP contribution in [0.5, 0.6) is 0 Å². The zero-order chi connectivity index (χ0) is 12.3. The van der Waals surface area contributed by atoms with Gasteiger partial charge in [-0.25, -0.2) is 4.98 Å². The molecule has 0 saturated carbocycles. The molecule has 0 aliphatic heterocycles. The van der Waals surface area contributed by atoms with Crippen LogP contribution in [0.25, 0.3) is 0 Å². The molecule has 0 aliphatic carbocycles. The van der Waals surface area contributed by atoms with E-state index < -0.39 is 0 Å². The van der Waals surface area contributed by atoms with Crippen LogP contribution in [0, 0.1) is 0 Å². The van der Waals surface area contributed by atoms with Gasteiger partial charge in [-0.15, -0.1) is 0 Å². The van der Waals surface area contributed by atoms with E-state index >= 15 is 0 Å². The zero-order valence-electron chi connectivity index (χ0n) is 8.72. The predicted molar refractivity (Wildman–Crippen MR) is 68.5 cm³/mol. The van der Waals surface area contributed by atoms with Crippen molar-refractivity contribution in [3.05, 3.63) is 47.0 Å². The topological polar surface area (TPSA) is 80.9 Å². The molecule has 2 heterocycles. The second-order valence-corrected chi connectivity index (χ2v) is 4.11. The number of nitrogens with two attached hydrogens (primary N) is 1. The minimum atomic E-state index is -0.352. The third-order valence-electron chi connectivity index (χ3n) is 2.07. The van der Waals surface area contributed by atoms with Crippen LogP contribution < -0.4 is 11.1 Å². The third kappa shape index (κ3) is 2.59. The smallest absolute Gasteiger partial charge is 0.276 e. The van der Waals surface area contributed by atoms with Gasteiger partial charge in [0.2, 0.25) is 0 Å². The Labute approximate surface area is 106 Å². The lowest BCUT2D eigenvalue weighted by molar-refractivity contribution is 0.102. The molecule has 0 aliphatic rings. The summed E-state index contributed by atoms with van der Waals surface area (Å²) in [5.41, 5.74) is 6.83. The van der Waals surface area contributed by atoms with Gasteiger partial charge in [0.25, 0.3) is 5.91 Å². The molecule has 17 heavy (non-hydrogen) atoms. The molecular weight excluding hydrogens is 284 g/mol. The molecule has 0 fully saturated rings. The fourth-order valence-electron chi connectivity index (χ4n) is 1.27. The summed E-state index contributed by atoms with van der Waals surface area (Å²) in [5, 5.41) is 2.70. The molecule has 1 amide bonds. The second kappa shape index (κ2) is 4.92. The largest absolute Gasteiger partial charge is 0.397 e. The van der Waals surface area contributed by atoms with E-state index in [9.17, 15) is 4.79 Å². The maximum Gasteiger partial charge on any atom is 0.276 e. The molecule has 5 nitrogen and oxygen atoms in total. The lowest BCUT2D eigenvalue weighted by Crippen LogP contribution is -2.16. The first-order valence-corrected chi connectivity index (χ1v) is 5.59. The molecule has 2 aromatic rings. The number of anilines is 2. The number of carbonyl (C=O) groups excluding carboxylic acids is 1. The van der Waals surface area contributed by atoms with Crippen molar-refractivity contribution in [2.75, 3.05) is 11.1 Å². The van der Waals surface area contributed by atoms with E-state index in [0.29, 0.717) is 15.8 Å². The van der Waals surface area contributed by atoms with Crippen LogP contribution in [0.3, 0.4) is 0 Å². The Morgan fingerprint density at radius 2 is 2.18 bits per heavy atom. The van der Waals surface area contributed by atoms with Crippen LogP contribution in [-0.4, -0.2) is 15.9 Å². The van der Waals surface area contributed by atoms with Crippen LogP contribution in [0.4, 0.5) is 11.4 Å². The van der Waals surface area contributed by atoms with Crippen molar-refractivity contribution < 1.29 is 4.79 Å². The average Bonchev–Trinajstić information content (AvgIpc) is 2.32. The molecule has 0 aromatic carbocycles. The van der Waals surface area contributed by atoms with Crippen LogP contribution >= 0.6 is 15.9 Å². The highest BCUT2D eigenvalue weighted by Crippen LogP contribution is 2.21. The molecule has 0 saturated heterocycles. The number of hydrogen-bond donors (Lipinski definition) is 2. The van der Waals surface area contributed by atoms with Crippen LogP contribution in [0.1, 0.15) is 10.5 Å². The number of nitrogens with one attached hydrogen (secondary N) is 1. The maximum absolute atomic E-state index is 11.9. The summed E-state index contributed by atoms with van der Waals surface area (Å²) in [6.45, 7) is 0. The molecule has 86 valence electrons. The highest BCUT2D eigenvalue weighted by Gasteiger charge is 2.12. The van der Waals surface area contributed by atoms with Crippen molar-refractivity contribution in [1.82, 2.24) is 9.97 Å². The summed E-state index contributed by atoms with van der Waals surface area (Å²) >= 11 is 3.29. The minimum absolute atomic E-state index is 0.205. The molecule has 6 heteroatoms. The van der Waals surface area contributed by atoms with Crippen molar-refractivity contribution in [3.63, 3.8) is 0 Å². The molecular formula is C11H9BrN4O. The summed E-state index contributed by atoms with van der Waals surface area (Å²) in [6.07, 6.45) is 4.70. The second-order valence-electron chi connectivity index (χ2n) is 3.25. The molecule has 0 bridgehead atoms. The molecule has 2 aromatic heterocycles. The van der Waals surface area contributed by atoms with Gasteiger partial charge in [0.05, 0.1) is 15.8 Å². The number of pyridine rings is 2. The van der Waals surface area contributed by atoms with Gasteiger partial charge in [0.1, 0.15) is 0 Å². The molecule has 2 rings (SSSR count). The highest BCUT2D eigenvalue weighted by molar-refractivity contribution is 9.10. The Bertz CT molecular complexity index is 559. The van der Waals surface area contributed by atoms with Crippen LogP contribution in [0.15, 0.2) is 41.3 Å². The van der Waals surface area contributed by atoms with Crippen molar-refractivity contribution >= 4 is 33.2 Å². The Hall–Kier alpha value is -1.95. The molecule has 0 spiro atoms. The summed E-state index contributed by atoms with van der Waals surface area (Å²) in [5.74, 6) is -0.352. The molecule has 0 atom stereocenters. The average molecular weight is 293 g/mol. The maximum atomic E-state index is 11.9. The Kier molecular flexibility index (Phi) is 3.34. The third-order valence-corrected chi connectivity index (χ3v) is 2.71. The molecule has 0 radical (unpaired) electrons. The summed E-state index contributed by atoms with van der Waals surface area (Å²) in [7, 11) is 0. The van der Waals surface area contributed by atoms with Crippen molar-refractivity contribution in [3.8, 4) is 0 Å². The summed E-state index contributed by atoms with van der Waals surface area (Å²) in [6, 6.07) is 4.99. The van der Waals surface area contributed by atoms with Crippen molar-refractivity contribution in [2.45, 2.75) is 0 Å². The lowest BCUT2D eigenvalue weighted by Gasteiger charge is -2.07. The van der Waals surface area contributed by atoms with Crippen LogP contribution in [-0.2, 0) is 0 Å². The first-order valence-electron chi connectivity index (χ1n) is 4.80. The van der Waals surface area contributed by atoms with E-state index in [0.717, 1.165) is 0 Å². The highest BCUT2D eigenvalue weighted by atomic mass is 79.9. The van der Waals surface area contributed by atoms with E-state index in [1.807, 2.05) is 0 Å². The van der Waals surface area contributed by atoms with Gasteiger partial charge in [-0.1, -0.05) is 0 Å². The van der Waals surface area contributed by atoms with E-state index in [1.165, 1.54) is 6.20 Å². The first kappa shape index (κ1) is 11.5. The Morgan fingerprint density at radius 3 is 2.88 bits per heavy atom.